The first-order valence-corrected chi connectivity index (χ1v) is 7.13. The molecule has 0 radical (unpaired) electrons. The van der Waals surface area contributed by atoms with Gasteiger partial charge in [-0.05, 0) is 43.0 Å². The highest BCUT2D eigenvalue weighted by atomic mass is 32.2. The summed E-state index contributed by atoms with van der Waals surface area (Å²) in [5.41, 5.74) is 2.81. The molecule has 5 heteroatoms. The first-order chi connectivity index (χ1) is 7.91. The molecule has 4 nitrogen and oxygen atoms in total. The lowest BCUT2D eigenvalue weighted by molar-refractivity contribution is 0.483. The predicted molar refractivity (Wildman–Crippen MR) is 75.7 cm³/mol. The van der Waals surface area contributed by atoms with Gasteiger partial charge in [0.15, 0.2) is 0 Å². The molecular weight excluding hydrogens is 250 g/mol. The molecule has 0 fully saturated rings. The van der Waals surface area contributed by atoms with E-state index in [0.717, 1.165) is 16.7 Å². The van der Waals surface area contributed by atoms with Gasteiger partial charge in [0.1, 0.15) is 5.75 Å². The van der Waals surface area contributed by atoms with Gasteiger partial charge in [0.25, 0.3) is 0 Å². The quantitative estimate of drug-likeness (QED) is 0.834. The third-order valence-electron chi connectivity index (χ3n) is 2.67. The molecule has 102 valence electrons. The first-order valence-electron chi connectivity index (χ1n) is 5.56. The van der Waals surface area contributed by atoms with Crippen LogP contribution in [0.25, 0.3) is 6.08 Å². The van der Waals surface area contributed by atoms with Gasteiger partial charge in [-0.15, -0.1) is 0 Å². The fraction of sp³-hybridized carbons (Fsp3) is 0.385. The summed E-state index contributed by atoms with van der Waals surface area (Å²) in [5.74, 6) is 0.441. The minimum absolute atomic E-state index is 0. The Morgan fingerprint density at radius 3 is 2.39 bits per heavy atom. The zero-order chi connectivity index (χ0) is 13.1. The maximum absolute atomic E-state index is 11.6. The number of benzene rings is 1. The van der Waals surface area contributed by atoms with Gasteiger partial charge >= 0.3 is 10.1 Å². The normalized spacial score (nSPS) is 10.6. The van der Waals surface area contributed by atoms with E-state index in [-0.39, 0.29) is 11.9 Å². The molecule has 18 heavy (non-hydrogen) atoms. The third-order valence-corrected chi connectivity index (χ3v) is 4.01. The Morgan fingerprint density at radius 2 is 1.89 bits per heavy atom. The summed E-state index contributed by atoms with van der Waals surface area (Å²) in [7, 11) is -3.47. The molecule has 0 atom stereocenters. The monoisotopic (exact) mass is 271 g/mol. The molecule has 0 heterocycles. The Balaban J connectivity index is 0.00000289. The lowest BCUT2D eigenvalue weighted by Crippen LogP contribution is -2.14. The van der Waals surface area contributed by atoms with E-state index >= 15 is 0 Å². The maximum atomic E-state index is 11.6. The van der Waals surface area contributed by atoms with Crippen LogP contribution in [0, 0.1) is 13.8 Å². The van der Waals surface area contributed by atoms with Crippen molar-refractivity contribution in [2.24, 2.45) is 0 Å². The lowest BCUT2D eigenvalue weighted by Gasteiger charge is -2.12. The number of rotatable bonds is 5. The Kier molecular flexibility index (Phi) is 6.08. The van der Waals surface area contributed by atoms with Gasteiger partial charge in [-0.3, -0.25) is 0 Å². The fourth-order valence-electron chi connectivity index (χ4n) is 1.56. The summed E-state index contributed by atoms with van der Waals surface area (Å²) in [6.07, 6.45) is 2.29. The van der Waals surface area contributed by atoms with Crippen LogP contribution in [0.4, 0.5) is 0 Å². The van der Waals surface area contributed by atoms with Gasteiger partial charge in [-0.25, -0.2) is 0 Å². The summed E-state index contributed by atoms with van der Waals surface area (Å²) in [6, 6.07) is 3.48. The predicted octanol–water partition coefficient (Wildman–Crippen LogP) is 3.23. The summed E-state index contributed by atoms with van der Waals surface area (Å²) in [5, 5.41) is 0. The van der Waals surface area contributed by atoms with E-state index in [1.54, 1.807) is 19.1 Å². The maximum Gasteiger partial charge on any atom is 0.309 e. The Hall–Kier alpha value is -1.33. The highest BCUT2D eigenvalue weighted by Gasteiger charge is 2.14. The molecule has 0 spiro atoms. The summed E-state index contributed by atoms with van der Waals surface area (Å²) in [6.45, 7) is 9.28. The van der Waals surface area contributed by atoms with E-state index in [1.165, 1.54) is 0 Å². The fourth-order valence-corrected chi connectivity index (χ4v) is 2.59. The van der Waals surface area contributed by atoms with Crippen LogP contribution in [0.1, 0.15) is 30.0 Å². The molecule has 3 N–H and O–H groups in total. The molecule has 1 aromatic carbocycles. The third kappa shape index (κ3) is 3.85. The Bertz CT molecular complexity index is 521. The average molecular weight is 271 g/mol. The minimum Gasteiger partial charge on any atom is -0.382 e. The molecule has 0 aromatic heterocycles. The van der Waals surface area contributed by atoms with Gasteiger partial charge in [0.05, 0.1) is 5.75 Å². The summed E-state index contributed by atoms with van der Waals surface area (Å²) < 4.78 is 28.2. The Labute approximate surface area is 109 Å². The zero-order valence-electron chi connectivity index (χ0n) is 11.2. The van der Waals surface area contributed by atoms with E-state index in [9.17, 15) is 8.42 Å². The topological polar surface area (TPSA) is 78.4 Å². The van der Waals surface area contributed by atoms with Crippen molar-refractivity contribution in [3.05, 3.63) is 35.4 Å². The van der Waals surface area contributed by atoms with E-state index in [0.29, 0.717) is 12.2 Å². The average Bonchev–Trinajstić information content (AvgIpc) is 2.25. The smallest absolute Gasteiger partial charge is 0.309 e. The second-order valence-corrected chi connectivity index (χ2v) is 5.64. The molecule has 0 saturated heterocycles. The lowest BCUT2D eigenvalue weighted by atomic mass is 10.0. The largest absolute Gasteiger partial charge is 0.382 e. The second-order valence-electron chi connectivity index (χ2n) is 3.95. The molecule has 1 rings (SSSR count). The van der Waals surface area contributed by atoms with Crippen LogP contribution < -0.4 is 10.3 Å². The van der Waals surface area contributed by atoms with Crippen LogP contribution in [0.3, 0.4) is 0 Å². The van der Waals surface area contributed by atoms with E-state index in [4.69, 9.17) is 4.18 Å². The number of hydrogen-bond acceptors (Lipinski definition) is 4. The van der Waals surface area contributed by atoms with Crippen LogP contribution >= 0.6 is 0 Å². The second kappa shape index (κ2) is 6.56. The number of hydrogen-bond donors (Lipinski definition) is 1. The first kappa shape index (κ1) is 16.7. The standard InChI is InChI=1S/C13H18O3S.H3N/c1-5-9-17(14,15)16-13-8-7-12(6-2)10(3)11(13)4;/h6-8H,2,5,9H2,1,3-4H3;1H3. The minimum atomic E-state index is -3.47. The van der Waals surface area contributed by atoms with Crippen molar-refractivity contribution < 1.29 is 12.6 Å². The van der Waals surface area contributed by atoms with Gasteiger partial charge in [0, 0.05) is 0 Å². The zero-order valence-corrected chi connectivity index (χ0v) is 12.0. The van der Waals surface area contributed by atoms with Crippen LogP contribution in [0.5, 0.6) is 5.75 Å². The molecular formula is C13H21NO3S. The van der Waals surface area contributed by atoms with Crippen LogP contribution in [0.2, 0.25) is 0 Å². The molecule has 0 unspecified atom stereocenters. The van der Waals surface area contributed by atoms with Crippen molar-refractivity contribution in [3.8, 4) is 5.75 Å². The van der Waals surface area contributed by atoms with Gasteiger partial charge in [0.2, 0.25) is 0 Å². The molecule has 0 aliphatic carbocycles. The highest BCUT2D eigenvalue weighted by molar-refractivity contribution is 7.87. The molecule has 0 amide bonds. The summed E-state index contributed by atoms with van der Waals surface area (Å²) in [4.78, 5) is 0. The summed E-state index contributed by atoms with van der Waals surface area (Å²) >= 11 is 0. The van der Waals surface area contributed by atoms with Crippen molar-refractivity contribution in [3.63, 3.8) is 0 Å². The van der Waals surface area contributed by atoms with Gasteiger partial charge in [-0.2, -0.15) is 8.42 Å². The molecule has 0 aliphatic rings. The highest BCUT2D eigenvalue weighted by Crippen LogP contribution is 2.26. The molecule has 1 aromatic rings. The van der Waals surface area contributed by atoms with Crippen molar-refractivity contribution >= 4 is 16.2 Å². The van der Waals surface area contributed by atoms with Gasteiger partial charge in [-0.1, -0.05) is 25.6 Å². The van der Waals surface area contributed by atoms with Crippen molar-refractivity contribution in [1.29, 1.82) is 0 Å². The van der Waals surface area contributed by atoms with Crippen LogP contribution in [0.15, 0.2) is 18.7 Å². The van der Waals surface area contributed by atoms with Gasteiger partial charge < -0.3 is 10.3 Å². The Morgan fingerprint density at radius 1 is 1.28 bits per heavy atom. The van der Waals surface area contributed by atoms with E-state index in [1.807, 2.05) is 19.9 Å². The van der Waals surface area contributed by atoms with E-state index < -0.39 is 10.1 Å². The molecule has 0 bridgehead atoms. The molecule has 0 saturated carbocycles. The van der Waals surface area contributed by atoms with Crippen molar-refractivity contribution in [1.82, 2.24) is 6.15 Å². The van der Waals surface area contributed by atoms with E-state index in [2.05, 4.69) is 6.58 Å². The van der Waals surface area contributed by atoms with Crippen LogP contribution in [-0.4, -0.2) is 14.2 Å². The van der Waals surface area contributed by atoms with Crippen molar-refractivity contribution in [2.45, 2.75) is 27.2 Å². The molecule has 0 aliphatic heterocycles. The SMILES string of the molecule is C=Cc1ccc(OS(=O)(=O)CCC)c(C)c1C.N. The van der Waals surface area contributed by atoms with Crippen molar-refractivity contribution in [2.75, 3.05) is 5.75 Å². The van der Waals surface area contributed by atoms with Crippen LogP contribution in [-0.2, 0) is 10.1 Å².